The van der Waals surface area contributed by atoms with E-state index >= 15 is 0 Å². The highest BCUT2D eigenvalue weighted by Gasteiger charge is 2.62. The normalized spacial score (nSPS) is 23.5. The lowest BCUT2D eigenvalue weighted by atomic mass is 9.70. The van der Waals surface area contributed by atoms with Crippen LogP contribution in [0.4, 0.5) is 0 Å². The van der Waals surface area contributed by atoms with Crippen LogP contribution in [0.2, 0.25) is 0 Å². The molecule has 0 radical (unpaired) electrons. The summed E-state index contributed by atoms with van der Waals surface area (Å²) in [6, 6.07) is 25.0. The number of fused-ring (bicyclic) bond motifs is 2. The molecule has 33 heavy (non-hydrogen) atoms. The van der Waals surface area contributed by atoms with Crippen molar-refractivity contribution in [3.63, 3.8) is 0 Å². The van der Waals surface area contributed by atoms with Gasteiger partial charge in [-0.05, 0) is 72.2 Å². The molecule has 1 aliphatic heterocycles. The number of rotatable bonds is 4. The van der Waals surface area contributed by atoms with Gasteiger partial charge < -0.3 is 5.73 Å². The Morgan fingerprint density at radius 1 is 1.09 bits per heavy atom. The minimum absolute atomic E-state index is 0.274. The number of nitrogens with zero attached hydrogens (tertiary/aromatic N) is 3. The molecule has 0 aromatic heterocycles. The van der Waals surface area contributed by atoms with Crippen molar-refractivity contribution in [2.75, 3.05) is 7.05 Å². The minimum Gasteiger partial charge on any atom is -0.368 e. The van der Waals surface area contributed by atoms with E-state index in [1.807, 2.05) is 31.3 Å². The number of hydroxylamine groups is 2. The van der Waals surface area contributed by atoms with E-state index in [1.165, 1.54) is 16.7 Å². The van der Waals surface area contributed by atoms with Crippen LogP contribution in [-0.2, 0) is 23.4 Å². The van der Waals surface area contributed by atoms with E-state index in [2.05, 4.69) is 62.4 Å². The van der Waals surface area contributed by atoms with Gasteiger partial charge in [-0.2, -0.15) is 5.26 Å². The lowest BCUT2D eigenvalue weighted by Gasteiger charge is -2.40. The zero-order chi connectivity index (χ0) is 23.2. The first-order valence-corrected chi connectivity index (χ1v) is 11.4. The van der Waals surface area contributed by atoms with E-state index in [0.717, 1.165) is 36.0 Å². The fourth-order valence-electron chi connectivity index (χ4n) is 5.43. The predicted molar refractivity (Wildman–Crippen MR) is 130 cm³/mol. The first-order chi connectivity index (χ1) is 15.9. The summed E-state index contributed by atoms with van der Waals surface area (Å²) in [7, 11) is 1.82. The van der Waals surface area contributed by atoms with Gasteiger partial charge >= 0.3 is 0 Å². The van der Waals surface area contributed by atoms with Crippen molar-refractivity contribution in [1.29, 1.82) is 5.26 Å². The van der Waals surface area contributed by atoms with Gasteiger partial charge in [0.15, 0.2) is 0 Å². The Balaban J connectivity index is 1.68. The smallest absolute Gasteiger partial charge is 0.221 e. The second kappa shape index (κ2) is 7.75. The highest BCUT2D eigenvalue weighted by atomic mass is 16.7. The van der Waals surface area contributed by atoms with Crippen LogP contribution in [0.25, 0.3) is 11.1 Å². The van der Waals surface area contributed by atoms with Gasteiger partial charge in [0, 0.05) is 18.0 Å². The van der Waals surface area contributed by atoms with Crippen LogP contribution < -0.4 is 5.73 Å². The molecule has 5 heteroatoms. The van der Waals surface area contributed by atoms with E-state index in [0.29, 0.717) is 11.5 Å². The van der Waals surface area contributed by atoms with Crippen LogP contribution >= 0.6 is 0 Å². The molecule has 5 nitrogen and oxygen atoms in total. The third kappa shape index (κ3) is 3.21. The molecule has 2 N–H and O–H groups in total. The highest BCUT2D eigenvalue weighted by molar-refractivity contribution is 5.79. The van der Waals surface area contributed by atoms with Gasteiger partial charge in [0.25, 0.3) is 0 Å². The van der Waals surface area contributed by atoms with Crippen LogP contribution in [0.15, 0.2) is 71.7 Å². The molecule has 2 atom stereocenters. The molecule has 2 unspecified atom stereocenters. The predicted octanol–water partition coefficient (Wildman–Crippen LogP) is 5.07. The first-order valence-electron chi connectivity index (χ1n) is 11.4. The van der Waals surface area contributed by atoms with Crippen LogP contribution in [-0.4, -0.2) is 18.1 Å². The van der Waals surface area contributed by atoms with Crippen molar-refractivity contribution in [2.45, 2.75) is 38.8 Å². The van der Waals surface area contributed by atoms with Gasteiger partial charge in [-0.3, -0.25) is 0 Å². The molecule has 1 heterocycles. The van der Waals surface area contributed by atoms with E-state index < -0.39 is 5.72 Å². The maximum Gasteiger partial charge on any atom is 0.221 e. The number of nitriles is 1. The minimum atomic E-state index is -0.888. The largest absolute Gasteiger partial charge is 0.368 e. The Morgan fingerprint density at radius 2 is 1.88 bits per heavy atom. The average molecular weight is 437 g/mol. The quantitative estimate of drug-likeness (QED) is 0.619. The molecular formula is C28H28N4O. The molecule has 0 amide bonds. The third-order valence-electron chi connectivity index (χ3n) is 7.38. The molecule has 0 fully saturated rings. The van der Waals surface area contributed by atoms with Gasteiger partial charge in [-0.1, -0.05) is 55.5 Å². The number of benzene rings is 3. The number of hydrogen-bond donors (Lipinski definition) is 1. The van der Waals surface area contributed by atoms with Crippen molar-refractivity contribution in [2.24, 2.45) is 16.1 Å². The molecule has 2 aliphatic rings. The SMILES string of the molecule is CCC1(Cc2ccccc2C)Cc2ccc(-c3cccc(C#N)c3)cc2C12N=C(N)N(C)O2. The topological polar surface area (TPSA) is 74.6 Å². The third-order valence-corrected chi connectivity index (χ3v) is 7.38. The second-order valence-electron chi connectivity index (χ2n) is 9.18. The van der Waals surface area contributed by atoms with Crippen LogP contribution in [0.5, 0.6) is 0 Å². The summed E-state index contributed by atoms with van der Waals surface area (Å²) >= 11 is 0. The molecule has 5 rings (SSSR count). The van der Waals surface area contributed by atoms with Gasteiger partial charge in [0.05, 0.1) is 11.6 Å². The summed E-state index contributed by atoms with van der Waals surface area (Å²) < 4.78 is 0. The Bertz CT molecular complexity index is 1310. The summed E-state index contributed by atoms with van der Waals surface area (Å²) in [5.41, 5.74) is 12.7. The molecule has 0 saturated heterocycles. The molecule has 3 aromatic rings. The number of hydrogen-bond acceptors (Lipinski definition) is 5. The fraction of sp³-hybridized carbons (Fsp3) is 0.286. The molecule has 0 saturated carbocycles. The molecule has 0 bridgehead atoms. The van der Waals surface area contributed by atoms with Crippen molar-refractivity contribution < 1.29 is 4.84 Å². The Kier molecular flexibility index (Phi) is 4.99. The molecule has 166 valence electrons. The number of nitrogens with two attached hydrogens (primary N) is 1. The standard InChI is InChI=1S/C28H28N4O/c1-4-27(16-23-10-6-5-8-19(23)2)17-24-13-12-22(21-11-7-9-20(14-21)18-29)15-25(24)28(27)31-26(30)32(3)33-28/h5-15H,4,16-17H2,1-3H3,(H2,30,31). The summed E-state index contributed by atoms with van der Waals surface area (Å²) in [4.78, 5) is 11.6. The van der Waals surface area contributed by atoms with E-state index in [1.54, 1.807) is 5.06 Å². The molecule has 1 spiro atoms. The van der Waals surface area contributed by atoms with Gasteiger partial charge in [-0.25, -0.2) is 14.9 Å². The molecular weight excluding hydrogens is 408 g/mol. The monoisotopic (exact) mass is 436 g/mol. The van der Waals surface area contributed by atoms with E-state index in [9.17, 15) is 5.26 Å². The zero-order valence-corrected chi connectivity index (χ0v) is 19.3. The summed E-state index contributed by atoms with van der Waals surface area (Å²) in [5.74, 6) is 0.391. The Labute approximate surface area is 195 Å². The number of aliphatic imine (C=N–C) groups is 1. The summed E-state index contributed by atoms with van der Waals surface area (Å²) in [5, 5.41) is 10.9. The van der Waals surface area contributed by atoms with Crippen molar-refractivity contribution in [3.05, 3.63) is 94.5 Å². The van der Waals surface area contributed by atoms with Crippen LogP contribution in [0, 0.1) is 23.7 Å². The lowest BCUT2D eigenvalue weighted by Crippen LogP contribution is -2.44. The summed E-state index contributed by atoms with van der Waals surface area (Å²) in [6.07, 6.45) is 2.59. The Morgan fingerprint density at radius 3 is 2.58 bits per heavy atom. The summed E-state index contributed by atoms with van der Waals surface area (Å²) in [6.45, 7) is 4.38. The van der Waals surface area contributed by atoms with Crippen molar-refractivity contribution in [1.82, 2.24) is 5.06 Å². The fourth-order valence-corrected chi connectivity index (χ4v) is 5.43. The van der Waals surface area contributed by atoms with Gasteiger partial charge in [0.1, 0.15) is 0 Å². The maximum atomic E-state index is 9.35. The zero-order valence-electron chi connectivity index (χ0n) is 19.3. The molecule has 1 aliphatic carbocycles. The first kappa shape index (κ1) is 21.2. The Hall–Kier alpha value is -3.62. The van der Waals surface area contributed by atoms with Gasteiger partial charge in [0.2, 0.25) is 11.7 Å². The molecule has 3 aromatic carbocycles. The van der Waals surface area contributed by atoms with E-state index in [-0.39, 0.29) is 5.41 Å². The average Bonchev–Trinajstić information content (AvgIpc) is 3.28. The van der Waals surface area contributed by atoms with E-state index in [4.69, 9.17) is 15.6 Å². The van der Waals surface area contributed by atoms with Crippen LogP contribution in [0.1, 0.15) is 41.2 Å². The number of aryl methyl sites for hydroxylation is 1. The van der Waals surface area contributed by atoms with Crippen molar-refractivity contribution >= 4 is 5.96 Å². The lowest BCUT2D eigenvalue weighted by molar-refractivity contribution is -0.222. The highest BCUT2D eigenvalue weighted by Crippen LogP contribution is 2.59. The van der Waals surface area contributed by atoms with Crippen LogP contribution in [0.3, 0.4) is 0 Å². The van der Waals surface area contributed by atoms with Gasteiger partial charge in [-0.15, -0.1) is 0 Å². The van der Waals surface area contributed by atoms with Crippen molar-refractivity contribution in [3.8, 4) is 17.2 Å². The maximum absolute atomic E-state index is 9.35. The number of guanidine groups is 1. The second-order valence-corrected chi connectivity index (χ2v) is 9.18.